The molecule has 4 atom stereocenters. The maximum atomic E-state index is 12.7. The fraction of sp³-hybridized carbons (Fsp3) is 0.429. The van der Waals surface area contributed by atoms with Crippen LogP contribution in [0.15, 0.2) is 121 Å². The number of aliphatic hydroxyl groups excluding tert-OH is 2. The van der Waals surface area contributed by atoms with Gasteiger partial charge < -0.3 is 10.2 Å². The van der Waals surface area contributed by atoms with Crippen LogP contribution in [0, 0.1) is 27.6 Å². The summed E-state index contributed by atoms with van der Waals surface area (Å²) < 4.78 is 0. The Hall–Kier alpha value is -3.20. The maximum absolute atomic E-state index is 12.7. The molecular weight excluding hydrogens is 536 g/mol. The SMILES string of the molecule is CC(C)(Cc1ccccc1)C(O)C(Cc1ccccc1)C(C)(C)C(C)(Cc1ccccc1)C(O)C(C)(C)Cc1ccccc1. The van der Waals surface area contributed by atoms with E-state index in [-0.39, 0.29) is 5.92 Å². The van der Waals surface area contributed by atoms with Crippen LogP contribution in [0.25, 0.3) is 0 Å². The summed E-state index contributed by atoms with van der Waals surface area (Å²) in [7, 11) is 0. The van der Waals surface area contributed by atoms with Crippen molar-refractivity contribution in [3.63, 3.8) is 0 Å². The molecule has 4 aromatic rings. The first-order chi connectivity index (χ1) is 20.8. The predicted molar refractivity (Wildman–Crippen MR) is 186 cm³/mol. The Morgan fingerprint density at radius 1 is 0.455 bits per heavy atom. The summed E-state index contributed by atoms with van der Waals surface area (Å²) in [5.74, 6) is -0.125. The number of benzene rings is 4. The van der Waals surface area contributed by atoms with E-state index in [4.69, 9.17) is 0 Å². The van der Waals surface area contributed by atoms with Gasteiger partial charge in [-0.25, -0.2) is 0 Å². The van der Waals surface area contributed by atoms with Gasteiger partial charge in [-0.05, 0) is 70.1 Å². The lowest BCUT2D eigenvalue weighted by atomic mass is 9.49. The Bertz CT molecular complexity index is 1410. The van der Waals surface area contributed by atoms with Gasteiger partial charge in [0, 0.05) is 5.41 Å². The van der Waals surface area contributed by atoms with Crippen LogP contribution in [0.4, 0.5) is 0 Å². The molecule has 234 valence electrons. The lowest BCUT2D eigenvalue weighted by molar-refractivity contribution is -0.157. The van der Waals surface area contributed by atoms with Crippen LogP contribution in [-0.4, -0.2) is 22.4 Å². The zero-order chi connectivity index (χ0) is 32.0. The summed E-state index contributed by atoms with van der Waals surface area (Å²) in [6.45, 7) is 15.7. The van der Waals surface area contributed by atoms with E-state index in [9.17, 15) is 10.2 Å². The standard InChI is InChI=1S/C42H54O2/c1-39(2,29-33-22-14-9-15-23-33)37(43)36(28-32-20-12-8-13-21-32)41(5,6)42(7,31-35-26-18-11-19-27-35)38(44)40(3,4)30-34-24-16-10-17-25-34/h8-27,36-38,43-44H,28-31H2,1-7H3. The molecule has 0 spiro atoms. The smallest absolute Gasteiger partial charge is 0.0656 e. The highest BCUT2D eigenvalue weighted by atomic mass is 16.3. The summed E-state index contributed by atoms with van der Waals surface area (Å²) >= 11 is 0. The summed E-state index contributed by atoms with van der Waals surface area (Å²) in [5.41, 5.74) is 3.01. The maximum Gasteiger partial charge on any atom is 0.0656 e. The van der Waals surface area contributed by atoms with Gasteiger partial charge in [-0.15, -0.1) is 0 Å². The van der Waals surface area contributed by atoms with Crippen LogP contribution < -0.4 is 0 Å². The fourth-order valence-corrected chi connectivity index (χ4v) is 7.60. The highest BCUT2D eigenvalue weighted by Gasteiger charge is 2.56. The van der Waals surface area contributed by atoms with Gasteiger partial charge in [0.1, 0.15) is 0 Å². The number of hydrogen-bond donors (Lipinski definition) is 2. The van der Waals surface area contributed by atoms with Crippen molar-refractivity contribution in [3.8, 4) is 0 Å². The Morgan fingerprint density at radius 3 is 1.20 bits per heavy atom. The molecule has 4 aromatic carbocycles. The molecule has 0 bridgehead atoms. The lowest BCUT2D eigenvalue weighted by Gasteiger charge is -2.57. The predicted octanol–water partition coefficient (Wildman–Crippen LogP) is 9.38. The lowest BCUT2D eigenvalue weighted by Crippen LogP contribution is -2.59. The van der Waals surface area contributed by atoms with Gasteiger partial charge >= 0.3 is 0 Å². The van der Waals surface area contributed by atoms with Crippen LogP contribution in [-0.2, 0) is 25.7 Å². The van der Waals surface area contributed by atoms with Crippen molar-refractivity contribution in [3.05, 3.63) is 144 Å². The van der Waals surface area contributed by atoms with Crippen molar-refractivity contribution >= 4 is 0 Å². The molecule has 2 heteroatoms. The summed E-state index contributed by atoms with van der Waals surface area (Å²) in [6, 6.07) is 42.1. The largest absolute Gasteiger partial charge is 0.392 e. The average Bonchev–Trinajstić information content (AvgIpc) is 3.00. The quantitative estimate of drug-likeness (QED) is 0.154. The van der Waals surface area contributed by atoms with Gasteiger partial charge in [0.2, 0.25) is 0 Å². The van der Waals surface area contributed by atoms with Crippen molar-refractivity contribution < 1.29 is 10.2 Å². The molecule has 0 aliphatic carbocycles. The van der Waals surface area contributed by atoms with E-state index < -0.39 is 33.9 Å². The van der Waals surface area contributed by atoms with E-state index >= 15 is 0 Å². The van der Waals surface area contributed by atoms with Crippen molar-refractivity contribution in [2.75, 3.05) is 0 Å². The Balaban J connectivity index is 1.81. The van der Waals surface area contributed by atoms with Crippen LogP contribution in [0.1, 0.15) is 70.7 Å². The zero-order valence-electron chi connectivity index (χ0n) is 28.0. The summed E-state index contributed by atoms with van der Waals surface area (Å²) in [6.07, 6.45) is 1.71. The molecule has 0 saturated carbocycles. The average molecular weight is 591 g/mol. The first kappa shape index (κ1) is 33.7. The minimum absolute atomic E-state index is 0.125. The van der Waals surface area contributed by atoms with Crippen LogP contribution in [0.2, 0.25) is 0 Å². The first-order valence-corrected chi connectivity index (χ1v) is 16.3. The normalized spacial score (nSPS) is 16.1. The highest BCUT2D eigenvalue weighted by molar-refractivity contribution is 5.24. The molecule has 2 nitrogen and oxygen atoms in total. The molecule has 44 heavy (non-hydrogen) atoms. The molecule has 2 N–H and O–H groups in total. The van der Waals surface area contributed by atoms with Crippen LogP contribution in [0.3, 0.4) is 0 Å². The minimum atomic E-state index is -0.645. The van der Waals surface area contributed by atoms with E-state index in [0.717, 1.165) is 19.3 Å². The molecular formula is C42H54O2. The van der Waals surface area contributed by atoms with E-state index in [1.807, 2.05) is 12.1 Å². The molecule has 0 amide bonds. The van der Waals surface area contributed by atoms with Gasteiger partial charge in [-0.1, -0.05) is 170 Å². The summed E-state index contributed by atoms with van der Waals surface area (Å²) in [4.78, 5) is 0. The molecule has 4 rings (SSSR count). The Morgan fingerprint density at radius 2 is 0.795 bits per heavy atom. The second-order valence-electron chi connectivity index (χ2n) is 15.2. The molecule has 0 fully saturated rings. The van der Waals surface area contributed by atoms with Crippen molar-refractivity contribution in [2.24, 2.45) is 27.6 Å². The highest BCUT2D eigenvalue weighted by Crippen LogP contribution is 2.56. The van der Waals surface area contributed by atoms with Crippen LogP contribution >= 0.6 is 0 Å². The zero-order valence-corrected chi connectivity index (χ0v) is 28.0. The van der Waals surface area contributed by atoms with Gasteiger partial charge in [0.15, 0.2) is 0 Å². The monoisotopic (exact) mass is 590 g/mol. The van der Waals surface area contributed by atoms with Crippen molar-refractivity contribution in [2.45, 2.75) is 86.4 Å². The number of aliphatic hydroxyl groups is 2. The second kappa shape index (κ2) is 13.8. The third-order valence-electron chi connectivity index (χ3n) is 10.6. The Kier molecular flexibility index (Phi) is 10.6. The van der Waals surface area contributed by atoms with E-state index in [2.05, 4.69) is 158 Å². The van der Waals surface area contributed by atoms with Crippen LogP contribution in [0.5, 0.6) is 0 Å². The number of rotatable bonds is 14. The second-order valence-corrected chi connectivity index (χ2v) is 15.2. The molecule has 0 heterocycles. The van der Waals surface area contributed by atoms with Gasteiger partial charge in [0.05, 0.1) is 12.2 Å². The van der Waals surface area contributed by atoms with Crippen molar-refractivity contribution in [1.82, 2.24) is 0 Å². The summed E-state index contributed by atoms with van der Waals surface area (Å²) in [5, 5.41) is 25.3. The first-order valence-electron chi connectivity index (χ1n) is 16.3. The molecule has 4 unspecified atom stereocenters. The van der Waals surface area contributed by atoms with Crippen molar-refractivity contribution in [1.29, 1.82) is 0 Å². The third-order valence-corrected chi connectivity index (χ3v) is 10.6. The molecule has 0 aliphatic heterocycles. The topological polar surface area (TPSA) is 40.5 Å². The third kappa shape index (κ3) is 7.71. The van der Waals surface area contributed by atoms with E-state index in [0.29, 0.717) is 6.42 Å². The number of hydrogen-bond acceptors (Lipinski definition) is 2. The molecule has 0 saturated heterocycles. The minimum Gasteiger partial charge on any atom is -0.392 e. The van der Waals surface area contributed by atoms with Gasteiger partial charge in [-0.2, -0.15) is 0 Å². The van der Waals surface area contributed by atoms with E-state index in [1.54, 1.807) is 0 Å². The molecule has 0 aromatic heterocycles. The fourth-order valence-electron chi connectivity index (χ4n) is 7.60. The molecule has 0 aliphatic rings. The van der Waals surface area contributed by atoms with Gasteiger partial charge in [-0.3, -0.25) is 0 Å². The van der Waals surface area contributed by atoms with E-state index in [1.165, 1.54) is 22.3 Å². The molecule has 0 radical (unpaired) electrons. The Labute approximate surface area is 267 Å². The van der Waals surface area contributed by atoms with Gasteiger partial charge in [0.25, 0.3) is 0 Å².